The summed E-state index contributed by atoms with van der Waals surface area (Å²) in [6, 6.07) is 5.98. The molecule has 0 aliphatic carbocycles. The molecular weight excluding hydrogens is 226 g/mol. The lowest BCUT2D eigenvalue weighted by Gasteiger charge is -2.00. The number of hydrogen-bond donors (Lipinski definition) is 1. The number of benzene rings is 1. The Morgan fingerprint density at radius 2 is 2.23 bits per heavy atom. The Hall–Kier alpha value is -0.760. The van der Waals surface area contributed by atoms with Crippen LogP contribution in [0.5, 0.6) is 0 Å². The third kappa shape index (κ3) is 3.23. The maximum absolute atomic E-state index is 5.65. The first-order valence-electron chi connectivity index (χ1n) is 4.32. The number of alkyl halides is 1. The van der Waals surface area contributed by atoms with Crippen molar-refractivity contribution in [1.29, 1.82) is 0 Å². The topological polar surface area (TPSA) is 26.0 Å². The zero-order valence-corrected chi connectivity index (χ0v) is 9.34. The van der Waals surface area contributed by atoms with Crippen molar-refractivity contribution in [3.8, 4) is 0 Å². The van der Waals surface area contributed by atoms with Crippen molar-refractivity contribution < 1.29 is 0 Å². The number of anilines is 1. The summed E-state index contributed by atoms with van der Waals surface area (Å²) in [6.07, 6.45) is 5.35. The summed E-state index contributed by atoms with van der Waals surface area (Å²) < 4.78 is 0. The van der Waals surface area contributed by atoms with Crippen molar-refractivity contribution in [3.05, 3.63) is 35.4 Å². The van der Waals surface area contributed by atoms with E-state index in [1.807, 2.05) is 12.1 Å². The predicted molar refractivity (Wildman–Crippen MR) is 63.0 cm³/mol. The normalized spacial score (nSPS) is 10.9. The fraction of sp³-hybridized carbons (Fsp3) is 0.273. The summed E-state index contributed by atoms with van der Waals surface area (Å²) in [7, 11) is 0. The van der Waals surface area contributed by atoms with Gasteiger partial charge in [0.1, 0.15) is 0 Å². The standard InChI is InChI=1S/C11H14BrN/c1-9-8-11(13)6-5-10(9)4-2-3-7-12/h2,4-6,8H,3,7,13H2,1H3. The highest BCUT2D eigenvalue weighted by Crippen LogP contribution is 2.14. The summed E-state index contributed by atoms with van der Waals surface area (Å²) in [6.45, 7) is 2.07. The van der Waals surface area contributed by atoms with E-state index in [1.54, 1.807) is 0 Å². The lowest BCUT2D eigenvalue weighted by molar-refractivity contribution is 1.27. The van der Waals surface area contributed by atoms with Crippen LogP contribution in [-0.4, -0.2) is 5.33 Å². The van der Waals surface area contributed by atoms with Gasteiger partial charge in [0.15, 0.2) is 0 Å². The van der Waals surface area contributed by atoms with Gasteiger partial charge in [0, 0.05) is 11.0 Å². The van der Waals surface area contributed by atoms with Gasteiger partial charge < -0.3 is 5.73 Å². The number of hydrogen-bond acceptors (Lipinski definition) is 1. The molecule has 0 heterocycles. The molecule has 13 heavy (non-hydrogen) atoms. The molecule has 0 aliphatic rings. The molecule has 1 aromatic rings. The Bertz CT molecular complexity index is 305. The number of halogens is 1. The van der Waals surface area contributed by atoms with Crippen molar-refractivity contribution in [1.82, 2.24) is 0 Å². The van der Waals surface area contributed by atoms with Gasteiger partial charge in [0.2, 0.25) is 0 Å². The SMILES string of the molecule is Cc1cc(N)ccc1C=CCCBr. The van der Waals surface area contributed by atoms with Crippen molar-refractivity contribution in [2.45, 2.75) is 13.3 Å². The third-order valence-corrected chi connectivity index (χ3v) is 2.32. The number of aryl methyl sites for hydroxylation is 1. The molecule has 70 valence electrons. The molecule has 0 saturated heterocycles. The van der Waals surface area contributed by atoms with Crippen LogP contribution in [0.2, 0.25) is 0 Å². The summed E-state index contributed by atoms with van der Waals surface area (Å²) in [5, 5.41) is 1.01. The van der Waals surface area contributed by atoms with E-state index in [2.05, 4.69) is 41.1 Å². The molecule has 2 heteroatoms. The fourth-order valence-corrected chi connectivity index (χ4v) is 1.42. The second-order valence-corrected chi connectivity index (χ2v) is 3.79. The minimum Gasteiger partial charge on any atom is -0.399 e. The average molecular weight is 240 g/mol. The average Bonchev–Trinajstić information content (AvgIpc) is 2.09. The van der Waals surface area contributed by atoms with Crippen LogP contribution in [0.4, 0.5) is 5.69 Å². The Kier molecular flexibility index (Phi) is 4.03. The van der Waals surface area contributed by atoms with Crippen molar-refractivity contribution in [2.24, 2.45) is 0 Å². The smallest absolute Gasteiger partial charge is 0.0317 e. The van der Waals surface area contributed by atoms with E-state index < -0.39 is 0 Å². The summed E-state index contributed by atoms with van der Waals surface area (Å²) in [5.41, 5.74) is 8.95. The van der Waals surface area contributed by atoms with Crippen LogP contribution in [0.1, 0.15) is 17.5 Å². The predicted octanol–water partition coefficient (Wildman–Crippen LogP) is 3.38. The van der Waals surface area contributed by atoms with Gasteiger partial charge in [-0.3, -0.25) is 0 Å². The second-order valence-electron chi connectivity index (χ2n) is 3.00. The molecule has 1 nitrogen and oxygen atoms in total. The molecule has 0 unspecified atom stereocenters. The first-order valence-corrected chi connectivity index (χ1v) is 5.45. The minimum absolute atomic E-state index is 0.829. The molecule has 0 aromatic heterocycles. The quantitative estimate of drug-likeness (QED) is 0.636. The molecule has 0 atom stereocenters. The molecule has 0 fully saturated rings. The van der Waals surface area contributed by atoms with E-state index in [9.17, 15) is 0 Å². The van der Waals surface area contributed by atoms with Crippen LogP contribution >= 0.6 is 15.9 Å². The highest BCUT2D eigenvalue weighted by Gasteiger charge is 1.93. The van der Waals surface area contributed by atoms with E-state index in [4.69, 9.17) is 5.73 Å². The number of allylic oxidation sites excluding steroid dienone is 1. The molecule has 0 spiro atoms. The van der Waals surface area contributed by atoms with E-state index in [0.29, 0.717) is 0 Å². The van der Waals surface area contributed by atoms with Crippen molar-refractivity contribution in [2.75, 3.05) is 11.1 Å². The maximum Gasteiger partial charge on any atom is 0.0317 e. The largest absolute Gasteiger partial charge is 0.399 e. The molecule has 0 radical (unpaired) electrons. The first-order chi connectivity index (χ1) is 6.24. The molecule has 0 amide bonds. The lowest BCUT2D eigenvalue weighted by atomic mass is 10.1. The van der Waals surface area contributed by atoms with Crippen LogP contribution in [0.15, 0.2) is 24.3 Å². The Morgan fingerprint density at radius 3 is 2.85 bits per heavy atom. The maximum atomic E-state index is 5.65. The second kappa shape index (κ2) is 5.07. The minimum atomic E-state index is 0.829. The van der Waals surface area contributed by atoms with Gasteiger partial charge in [-0.1, -0.05) is 34.1 Å². The van der Waals surface area contributed by atoms with Crippen molar-refractivity contribution in [3.63, 3.8) is 0 Å². The summed E-state index contributed by atoms with van der Waals surface area (Å²) >= 11 is 3.38. The number of nitrogen functional groups attached to an aromatic ring is 1. The van der Waals surface area contributed by atoms with Crippen LogP contribution in [0, 0.1) is 6.92 Å². The van der Waals surface area contributed by atoms with Crippen LogP contribution in [0.25, 0.3) is 6.08 Å². The van der Waals surface area contributed by atoms with E-state index in [1.165, 1.54) is 11.1 Å². The lowest BCUT2D eigenvalue weighted by Crippen LogP contribution is -1.87. The zero-order valence-electron chi connectivity index (χ0n) is 7.76. The van der Waals surface area contributed by atoms with Gasteiger partial charge in [-0.2, -0.15) is 0 Å². The molecule has 2 N–H and O–H groups in total. The molecule has 0 aliphatic heterocycles. The van der Waals surface area contributed by atoms with Gasteiger partial charge in [0.25, 0.3) is 0 Å². The van der Waals surface area contributed by atoms with Gasteiger partial charge in [-0.25, -0.2) is 0 Å². The van der Waals surface area contributed by atoms with E-state index in [-0.39, 0.29) is 0 Å². The summed E-state index contributed by atoms with van der Waals surface area (Å²) in [4.78, 5) is 0. The van der Waals surface area contributed by atoms with Crippen LogP contribution in [-0.2, 0) is 0 Å². The van der Waals surface area contributed by atoms with Gasteiger partial charge in [-0.15, -0.1) is 0 Å². The van der Waals surface area contributed by atoms with Crippen LogP contribution < -0.4 is 5.73 Å². The monoisotopic (exact) mass is 239 g/mol. The van der Waals surface area contributed by atoms with Crippen molar-refractivity contribution >= 4 is 27.7 Å². The highest BCUT2D eigenvalue weighted by molar-refractivity contribution is 9.09. The number of rotatable bonds is 3. The molecule has 1 aromatic carbocycles. The first kappa shape index (κ1) is 10.3. The van der Waals surface area contributed by atoms with Gasteiger partial charge in [0.05, 0.1) is 0 Å². The molecule has 1 rings (SSSR count). The van der Waals surface area contributed by atoms with Gasteiger partial charge >= 0.3 is 0 Å². The zero-order chi connectivity index (χ0) is 9.68. The van der Waals surface area contributed by atoms with E-state index >= 15 is 0 Å². The Labute approximate surface area is 87.8 Å². The highest BCUT2D eigenvalue weighted by atomic mass is 79.9. The Balaban J connectivity index is 2.77. The van der Waals surface area contributed by atoms with E-state index in [0.717, 1.165) is 17.4 Å². The number of nitrogens with two attached hydrogens (primary N) is 1. The molecular formula is C11H14BrN. The van der Waals surface area contributed by atoms with Crippen LogP contribution in [0.3, 0.4) is 0 Å². The fourth-order valence-electron chi connectivity index (χ4n) is 1.16. The third-order valence-electron chi connectivity index (χ3n) is 1.87. The molecule has 0 saturated carbocycles. The summed E-state index contributed by atoms with van der Waals surface area (Å²) in [5.74, 6) is 0. The van der Waals surface area contributed by atoms with Gasteiger partial charge in [-0.05, 0) is 36.6 Å². The molecule has 0 bridgehead atoms. The Morgan fingerprint density at radius 1 is 1.46 bits per heavy atom.